The molecule has 0 spiro atoms. The van der Waals surface area contributed by atoms with Crippen molar-refractivity contribution in [1.82, 2.24) is 0 Å². The van der Waals surface area contributed by atoms with Gasteiger partial charge in [-0.15, -0.1) is 0 Å². The third kappa shape index (κ3) is 30.5. The van der Waals surface area contributed by atoms with Gasteiger partial charge in [0.2, 0.25) is 0 Å². The fourth-order valence-electron chi connectivity index (χ4n) is 0.250. The second-order valence-electron chi connectivity index (χ2n) is 1.21. The van der Waals surface area contributed by atoms with Crippen molar-refractivity contribution >= 4 is 0 Å². The molecule has 0 aromatic rings. The Balaban J connectivity index is -0.0000000267. The van der Waals surface area contributed by atoms with Crippen LogP contribution < -0.4 is 0 Å². The predicted octanol–water partition coefficient (Wildman–Crippen LogP) is 3.36. The third-order valence-corrected chi connectivity index (χ3v) is 0.604. The molecule has 0 amide bonds. The Kier molecular flexibility index (Phi) is 74.8. The second kappa shape index (κ2) is 25.5. The molecule has 0 aromatic carbocycles. The van der Waals surface area contributed by atoms with Gasteiger partial charge in [0, 0.05) is 20.1 Å². The summed E-state index contributed by atoms with van der Waals surface area (Å²) in [5, 5.41) is 0. The van der Waals surface area contributed by atoms with Crippen molar-refractivity contribution < 1.29 is 20.1 Å². The Hall–Kier alpha value is 0.609. The van der Waals surface area contributed by atoms with Gasteiger partial charge in [-0.1, -0.05) is 27.2 Å². The Morgan fingerprint density at radius 1 is 1.38 bits per heavy atom. The molecule has 2 heteroatoms. The number of rotatable bonds is 2. The van der Waals surface area contributed by atoms with Gasteiger partial charge in [-0.25, -0.2) is 0 Å². The van der Waals surface area contributed by atoms with E-state index in [0.717, 1.165) is 6.42 Å². The Bertz CT molecular complexity index is 16.0. The molecule has 0 aromatic heterocycles. The first kappa shape index (κ1) is 23.5. The van der Waals surface area contributed by atoms with Crippen LogP contribution in [-0.4, -0.2) is 0 Å². The summed E-state index contributed by atoms with van der Waals surface area (Å²) in [6.45, 7) is 5.85. The van der Waals surface area contributed by atoms with Gasteiger partial charge in [-0.05, 0) is 0 Å². The normalized spacial score (nSPS) is 5.25. The van der Waals surface area contributed by atoms with Crippen LogP contribution in [0, 0.1) is 6.92 Å². The molecule has 0 unspecified atom stereocenters. The van der Waals surface area contributed by atoms with Gasteiger partial charge in [-0.2, -0.15) is 6.42 Å². The van der Waals surface area contributed by atoms with Crippen LogP contribution in [0.1, 0.15) is 33.6 Å². The zero-order chi connectivity index (χ0) is 4.12. The van der Waals surface area contributed by atoms with Crippen LogP contribution in [0.2, 0.25) is 0 Å². The van der Waals surface area contributed by atoms with E-state index < -0.39 is 0 Å². The van der Waals surface area contributed by atoms with Crippen molar-refractivity contribution in [2.45, 2.75) is 33.6 Å². The molecule has 0 bridgehead atoms. The zero-order valence-electron chi connectivity index (χ0n) is 4.74. The van der Waals surface area contributed by atoms with E-state index in [4.69, 9.17) is 0 Å². The Morgan fingerprint density at radius 2 is 1.75 bits per heavy atom. The van der Waals surface area contributed by atoms with Crippen LogP contribution in [0.15, 0.2) is 0 Å². The minimum atomic E-state index is 0. The summed E-state index contributed by atoms with van der Waals surface area (Å²) in [5.41, 5.74) is 0. The summed E-state index contributed by atoms with van der Waals surface area (Å²) >= 11 is 0. The van der Waals surface area contributed by atoms with E-state index in [-0.39, 0.29) is 33.7 Å². The van der Waals surface area contributed by atoms with Crippen LogP contribution in [0.25, 0.3) is 6.15 Å². The van der Waals surface area contributed by atoms with Crippen molar-refractivity contribution in [3.8, 4) is 0 Å². The standard InChI is InChI=1S/C5H11.CH4.Ir.H2N/c1-3-5-4-2;;;/h1,3-5H2,2H3;1H4;;1H2/q-1;;;-1. The topological polar surface area (TPSA) is 33.5 Å². The fraction of sp³-hybridized carbons (Fsp3) is 0.833. The van der Waals surface area contributed by atoms with Crippen LogP contribution in [0.4, 0.5) is 0 Å². The maximum absolute atomic E-state index is 3.68. The van der Waals surface area contributed by atoms with E-state index >= 15 is 0 Å². The minimum Gasteiger partial charge on any atom is -0.693 e. The van der Waals surface area contributed by atoms with Crippen LogP contribution in [0.5, 0.6) is 0 Å². The summed E-state index contributed by atoms with van der Waals surface area (Å²) < 4.78 is 0. The maximum atomic E-state index is 3.68. The smallest absolute Gasteiger partial charge is 0 e. The van der Waals surface area contributed by atoms with Crippen LogP contribution >= 0.6 is 0 Å². The fourth-order valence-corrected chi connectivity index (χ4v) is 0.250. The molecular weight excluding hydrogens is 278 g/mol. The van der Waals surface area contributed by atoms with Gasteiger partial charge < -0.3 is 13.1 Å². The van der Waals surface area contributed by atoms with Crippen molar-refractivity contribution in [2.24, 2.45) is 0 Å². The van der Waals surface area contributed by atoms with Crippen molar-refractivity contribution in [1.29, 1.82) is 0 Å². The number of hydrogen-bond acceptors (Lipinski definition) is 0. The Morgan fingerprint density at radius 3 is 1.75 bits per heavy atom. The van der Waals surface area contributed by atoms with E-state index in [1.54, 1.807) is 0 Å². The predicted molar refractivity (Wildman–Crippen MR) is 36.9 cm³/mol. The SMILES string of the molecule is C.[CH2-]CCCC.[Ir].[NH2-]. The van der Waals surface area contributed by atoms with Crippen molar-refractivity contribution in [2.75, 3.05) is 0 Å². The maximum Gasteiger partial charge on any atom is 0 e. The molecule has 0 aliphatic carbocycles. The largest absolute Gasteiger partial charge is 0.693 e. The van der Waals surface area contributed by atoms with Gasteiger partial charge in [0.25, 0.3) is 0 Å². The molecule has 0 saturated carbocycles. The third-order valence-electron chi connectivity index (χ3n) is 0.604. The van der Waals surface area contributed by atoms with E-state index in [1.165, 1.54) is 12.8 Å². The van der Waals surface area contributed by atoms with E-state index in [9.17, 15) is 0 Å². The van der Waals surface area contributed by atoms with E-state index in [2.05, 4.69) is 13.8 Å². The monoisotopic (exact) mass is 296 g/mol. The number of unbranched alkanes of at least 4 members (excludes halogenated alkanes) is 2. The molecule has 0 rings (SSSR count). The molecule has 57 valence electrons. The molecule has 0 heterocycles. The summed E-state index contributed by atoms with van der Waals surface area (Å²) in [6, 6.07) is 0. The quantitative estimate of drug-likeness (QED) is 0.700. The summed E-state index contributed by atoms with van der Waals surface area (Å²) in [7, 11) is 0. The molecule has 1 nitrogen and oxygen atoms in total. The molecule has 0 atom stereocenters. The molecule has 0 aliphatic heterocycles. The van der Waals surface area contributed by atoms with Crippen molar-refractivity contribution in [3.05, 3.63) is 13.1 Å². The number of hydrogen-bond donors (Lipinski definition) is 0. The molecule has 0 aliphatic rings. The Labute approximate surface area is 67.2 Å². The average molecular weight is 295 g/mol. The van der Waals surface area contributed by atoms with E-state index in [0.29, 0.717) is 0 Å². The first-order valence-corrected chi connectivity index (χ1v) is 2.21. The van der Waals surface area contributed by atoms with Crippen LogP contribution in [-0.2, 0) is 20.1 Å². The van der Waals surface area contributed by atoms with Crippen molar-refractivity contribution in [3.63, 3.8) is 0 Å². The summed E-state index contributed by atoms with van der Waals surface area (Å²) in [6.07, 6.45) is 3.65. The first-order valence-electron chi connectivity index (χ1n) is 2.21. The molecule has 0 saturated heterocycles. The summed E-state index contributed by atoms with van der Waals surface area (Å²) in [5.74, 6) is 0. The number of nitrogens with two attached hydrogens (primary N) is 1. The molecule has 0 fully saturated rings. The average Bonchev–Trinajstić information content (AvgIpc) is 1.41. The van der Waals surface area contributed by atoms with Gasteiger partial charge in [0.1, 0.15) is 0 Å². The molecule has 1 radical (unpaired) electrons. The first-order chi connectivity index (χ1) is 2.41. The summed E-state index contributed by atoms with van der Waals surface area (Å²) in [4.78, 5) is 0. The van der Waals surface area contributed by atoms with Gasteiger partial charge >= 0.3 is 0 Å². The zero-order valence-corrected chi connectivity index (χ0v) is 7.13. The molecular formula is C6H17IrN-2. The van der Waals surface area contributed by atoms with Gasteiger partial charge in [0.05, 0.1) is 0 Å². The van der Waals surface area contributed by atoms with E-state index in [1.807, 2.05) is 0 Å². The second-order valence-corrected chi connectivity index (χ2v) is 1.21. The molecule has 2 N–H and O–H groups in total. The molecule has 8 heavy (non-hydrogen) atoms. The van der Waals surface area contributed by atoms with Gasteiger partial charge in [-0.3, -0.25) is 0 Å². The minimum absolute atomic E-state index is 0. The van der Waals surface area contributed by atoms with Gasteiger partial charge in [0.15, 0.2) is 0 Å². The van der Waals surface area contributed by atoms with Crippen LogP contribution in [0.3, 0.4) is 0 Å².